The summed E-state index contributed by atoms with van der Waals surface area (Å²) < 4.78 is 7.11. The van der Waals surface area contributed by atoms with Crippen molar-refractivity contribution in [3.05, 3.63) is 53.8 Å². The van der Waals surface area contributed by atoms with Crippen LogP contribution >= 0.6 is 11.3 Å². The Labute approximate surface area is 143 Å². The number of carbonyl (C=O) groups excluding carboxylic acids is 2. The Morgan fingerprint density at radius 2 is 2.08 bits per heavy atom. The number of imidazole rings is 1. The SMILES string of the molecule is C[C@H](OC(=O)Cc1cn2ccsc2n1)C(=O)N(C)c1ccccc1. The van der Waals surface area contributed by atoms with Crippen LogP contribution in [0.1, 0.15) is 12.6 Å². The van der Waals surface area contributed by atoms with Gasteiger partial charge in [-0.3, -0.25) is 14.0 Å². The van der Waals surface area contributed by atoms with Crippen molar-refractivity contribution < 1.29 is 14.3 Å². The first-order valence-electron chi connectivity index (χ1n) is 7.48. The summed E-state index contributed by atoms with van der Waals surface area (Å²) >= 11 is 1.49. The normalized spacial score (nSPS) is 12.1. The van der Waals surface area contributed by atoms with Gasteiger partial charge in [-0.05, 0) is 19.1 Å². The number of amides is 1. The smallest absolute Gasteiger partial charge is 0.312 e. The number of fused-ring (bicyclic) bond motifs is 1. The molecule has 0 spiro atoms. The second-order valence-electron chi connectivity index (χ2n) is 5.37. The number of hydrogen-bond acceptors (Lipinski definition) is 5. The minimum Gasteiger partial charge on any atom is -0.452 e. The highest BCUT2D eigenvalue weighted by atomic mass is 32.1. The Balaban J connectivity index is 1.59. The Bertz CT molecular complexity index is 828. The number of carbonyl (C=O) groups is 2. The number of esters is 1. The lowest BCUT2D eigenvalue weighted by atomic mass is 10.2. The molecule has 1 amide bonds. The van der Waals surface area contributed by atoms with Gasteiger partial charge < -0.3 is 9.64 Å². The Hall–Kier alpha value is -2.67. The molecule has 0 unspecified atom stereocenters. The van der Waals surface area contributed by atoms with Crippen molar-refractivity contribution in [2.24, 2.45) is 0 Å². The number of rotatable bonds is 5. The fraction of sp³-hybridized carbons (Fsp3) is 0.235. The van der Waals surface area contributed by atoms with Gasteiger partial charge in [-0.1, -0.05) is 18.2 Å². The largest absolute Gasteiger partial charge is 0.452 e. The molecule has 2 aromatic heterocycles. The quantitative estimate of drug-likeness (QED) is 0.668. The molecule has 0 saturated heterocycles. The van der Waals surface area contributed by atoms with Gasteiger partial charge in [-0.25, -0.2) is 4.98 Å². The predicted octanol–water partition coefficient (Wildman–Crippen LogP) is 2.53. The highest BCUT2D eigenvalue weighted by Crippen LogP contribution is 2.14. The minimum atomic E-state index is -0.855. The van der Waals surface area contributed by atoms with E-state index >= 15 is 0 Å². The second kappa shape index (κ2) is 6.84. The lowest BCUT2D eigenvalue weighted by molar-refractivity contribution is -0.153. The second-order valence-corrected chi connectivity index (χ2v) is 6.24. The molecule has 6 nitrogen and oxygen atoms in total. The van der Waals surface area contributed by atoms with Crippen LogP contribution in [0.15, 0.2) is 48.1 Å². The zero-order valence-corrected chi connectivity index (χ0v) is 14.2. The van der Waals surface area contributed by atoms with Crippen molar-refractivity contribution in [2.45, 2.75) is 19.4 Å². The van der Waals surface area contributed by atoms with Gasteiger partial charge in [0.05, 0.1) is 12.1 Å². The molecular formula is C17H17N3O3S. The number of ether oxygens (including phenoxy) is 1. The molecule has 0 bridgehead atoms. The molecule has 0 radical (unpaired) electrons. The van der Waals surface area contributed by atoms with E-state index in [2.05, 4.69) is 4.98 Å². The van der Waals surface area contributed by atoms with E-state index in [1.807, 2.05) is 46.3 Å². The first-order valence-corrected chi connectivity index (χ1v) is 8.36. The summed E-state index contributed by atoms with van der Waals surface area (Å²) in [4.78, 5) is 31.0. The standard InChI is InChI=1S/C17H17N3O3S/c1-12(16(22)19(2)14-6-4-3-5-7-14)23-15(21)10-13-11-20-8-9-24-17(20)18-13/h3-9,11-12H,10H2,1-2H3/t12-/m0/s1. The van der Waals surface area contributed by atoms with Gasteiger partial charge in [0.2, 0.25) is 0 Å². The first-order chi connectivity index (χ1) is 11.5. The molecule has 1 atom stereocenters. The summed E-state index contributed by atoms with van der Waals surface area (Å²) in [6.07, 6.45) is 2.85. The van der Waals surface area contributed by atoms with Gasteiger partial charge in [0, 0.05) is 30.5 Å². The fourth-order valence-corrected chi connectivity index (χ4v) is 3.07. The fourth-order valence-electron chi connectivity index (χ4n) is 2.35. The zero-order valence-electron chi connectivity index (χ0n) is 13.4. The summed E-state index contributed by atoms with van der Waals surface area (Å²) in [6.45, 7) is 1.57. The van der Waals surface area contributed by atoms with Gasteiger partial charge in [-0.15, -0.1) is 11.3 Å². The molecule has 3 aromatic rings. The maximum atomic E-state index is 12.4. The molecule has 2 heterocycles. The molecule has 0 fully saturated rings. The number of anilines is 1. The molecule has 7 heteroatoms. The summed E-state index contributed by atoms with van der Waals surface area (Å²) in [5.41, 5.74) is 1.38. The third-order valence-corrected chi connectivity index (χ3v) is 4.37. The van der Waals surface area contributed by atoms with E-state index in [9.17, 15) is 9.59 Å². The van der Waals surface area contributed by atoms with E-state index in [4.69, 9.17) is 4.74 Å². The third kappa shape index (κ3) is 3.46. The summed E-state index contributed by atoms with van der Waals surface area (Å²) in [6, 6.07) is 9.22. The van der Waals surface area contributed by atoms with Crippen LogP contribution in [0.4, 0.5) is 5.69 Å². The van der Waals surface area contributed by atoms with E-state index < -0.39 is 12.1 Å². The van der Waals surface area contributed by atoms with Crippen LogP contribution in [-0.4, -0.2) is 34.4 Å². The maximum absolute atomic E-state index is 12.4. The lowest BCUT2D eigenvalue weighted by Gasteiger charge is -2.21. The Morgan fingerprint density at radius 1 is 1.33 bits per heavy atom. The molecule has 24 heavy (non-hydrogen) atoms. The van der Waals surface area contributed by atoms with Gasteiger partial charge in [0.25, 0.3) is 5.91 Å². The van der Waals surface area contributed by atoms with Crippen LogP contribution in [0.25, 0.3) is 4.96 Å². The van der Waals surface area contributed by atoms with E-state index in [1.54, 1.807) is 20.2 Å². The third-order valence-electron chi connectivity index (χ3n) is 3.60. The van der Waals surface area contributed by atoms with Crippen molar-refractivity contribution in [3.63, 3.8) is 0 Å². The van der Waals surface area contributed by atoms with Gasteiger partial charge in [0.15, 0.2) is 11.1 Å². The molecule has 3 rings (SSSR count). The van der Waals surface area contributed by atoms with Crippen LogP contribution < -0.4 is 4.90 Å². The monoisotopic (exact) mass is 343 g/mol. The first kappa shape index (κ1) is 16.2. The van der Waals surface area contributed by atoms with Gasteiger partial charge in [-0.2, -0.15) is 0 Å². The zero-order chi connectivity index (χ0) is 17.1. The van der Waals surface area contributed by atoms with Crippen LogP contribution in [0.2, 0.25) is 0 Å². The van der Waals surface area contributed by atoms with E-state index in [1.165, 1.54) is 16.2 Å². The molecule has 0 aliphatic heterocycles. The predicted molar refractivity (Wildman–Crippen MR) is 92.2 cm³/mol. The lowest BCUT2D eigenvalue weighted by Crippen LogP contribution is -2.37. The van der Waals surface area contributed by atoms with Crippen LogP contribution in [-0.2, 0) is 20.7 Å². The molecule has 0 aliphatic rings. The maximum Gasteiger partial charge on any atom is 0.312 e. The summed E-state index contributed by atoms with van der Waals surface area (Å²) in [5.74, 6) is -0.747. The average Bonchev–Trinajstić information content (AvgIpc) is 3.15. The van der Waals surface area contributed by atoms with Crippen molar-refractivity contribution in [1.29, 1.82) is 0 Å². The molecule has 1 aromatic carbocycles. The topological polar surface area (TPSA) is 63.9 Å². The van der Waals surface area contributed by atoms with Gasteiger partial charge in [0.1, 0.15) is 0 Å². The van der Waals surface area contributed by atoms with Crippen molar-refractivity contribution in [2.75, 3.05) is 11.9 Å². The van der Waals surface area contributed by atoms with E-state index in [0.717, 1.165) is 10.6 Å². The number of likely N-dealkylation sites (N-methyl/N-ethyl adjacent to an activating group) is 1. The van der Waals surface area contributed by atoms with Crippen molar-refractivity contribution in [1.82, 2.24) is 9.38 Å². The molecule has 124 valence electrons. The number of hydrogen-bond donors (Lipinski definition) is 0. The number of aromatic nitrogens is 2. The number of benzene rings is 1. The highest BCUT2D eigenvalue weighted by Gasteiger charge is 2.23. The Kier molecular flexibility index (Phi) is 4.61. The highest BCUT2D eigenvalue weighted by molar-refractivity contribution is 7.15. The van der Waals surface area contributed by atoms with E-state index in [0.29, 0.717) is 5.69 Å². The Morgan fingerprint density at radius 3 is 2.79 bits per heavy atom. The van der Waals surface area contributed by atoms with Crippen LogP contribution in [0.3, 0.4) is 0 Å². The van der Waals surface area contributed by atoms with Crippen LogP contribution in [0, 0.1) is 0 Å². The summed E-state index contributed by atoms with van der Waals surface area (Å²) in [7, 11) is 1.66. The van der Waals surface area contributed by atoms with Crippen molar-refractivity contribution in [3.8, 4) is 0 Å². The van der Waals surface area contributed by atoms with Crippen molar-refractivity contribution >= 4 is 33.9 Å². The van der Waals surface area contributed by atoms with E-state index in [-0.39, 0.29) is 12.3 Å². The molecule has 0 N–H and O–H groups in total. The summed E-state index contributed by atoms with van der Waals surface area (Å²) in [5, 5.41) is 1.92. The molecule has 0 saturated carbocycles. The van der Waals surface area contributed by atoms with Crippen LogP contribution in [0.5, 0.6) is 0 Å². The number of para-hydroxylation sites is 1. The number of thiazole rings is 1. The molecular weight excluding hydrogens is 326 g/mol. The average molecular weight is 343 g/mol. The van der Waals surface area contributed by atoms with Gasteiger partial charge >= 0.3 is 5.97 Å². The number of nitrogens with zero attached hydrogens (tertiary/aromatic N) is 3. The molecule has 0 aliphatic carbocycles. The minimum absolute atomic E-state index is 0.0427.